The van der Waals surface area contributed by atoms with Crippen molar-refractivity contribution in [2.45, 2.75) is 160 Å². The number of amides is 9. The number of carboxylic acids is 1. The van der Waals surface area contributed by atoms with Crippen LogP contribution in [0.25, 0.3) is 0 Å². The number of nitrogens with zero attached hydrogens (tertiary/aromatic N) is 2. The van der Waals surface area contributed by atoms with Crippen molar-refractivity contribution in [3.63, 3.8) is 0 Å². The number of hydrogen-bond acceptors (Lipinski definition) is 14. The third-order valence-corrected chi connectivity index (χ3v) is 10.8. The second-order valence-corrected chi connectivity index (χ2v) is 17.3. The summed E-state index contributed by atoms with van der Waals surface area (Å²) >= 11 is 0. The second-order valence-electron chi connectivity index (χ2n) is 17.3. The Bertz CT molecular complexity index is 1780. The van der Waals surface area contributed by atoms with Crippen LogP contribution in [-0.2, 0) is 47.9 Å². The maximum atomic E-state index is 14.3. The summed E-state index contributed by atoms with van der Waals surface area (Å²) in [6.07, 6.45) is -0.450. The summed E-state index contributed by atoms with van der Waals surface area (Å²) in [5, 5.41) is 36.7. The number of nitrogens with two attached hydrogens (primary N) is 5. The van der Waals surface area contributed by atoms with Gasteiger partial charge in [-0.05, 0) is 84.1 Å². The van der Waals surface area contributed by atoms with E-state index < -0.39 is 132 Å². The van der Waals surface area contributed by atoms with E-state index in [1.807, 2.05) is 5.32 Å². The van der Waals surface area contributed by atoms with E-state index >= 15 is 0 Å². The summed E-state index contributed by atoms with van der Waals surface area (Å²) in [7, 11) is 0. The first-order valence-electron chi connectivity index (χ1n) is 22.4. The quantitative estimate of drug-likeness (QED) is 0.0189. The minimum atomic E-state index is -1.75. The number of guanidine groups is 1. The molecule has 0 aromatic carbocycles. The van der Waals surface area contributed by atoms with Crippen LogP contribution in [0.1, 0.15) is 99.8 Å². The highest BCUT2D eigenvalue weighted by Gasteiger charge is 2.40. The van der Waals surface area contributed by atoms with Gasteiger partial charge in [-0.15, -0.1) is 0 Å². The monoisotopic (exact) mass is 955 g/mol. The molecule has 26 nitrogen and oxygen atoms in total. The van der Waals surface area contributed by atoms with E-state index in [1.54, 1.807) is 27.7 Å². The Labute approximate surface area is 390 Å². The lowest BCUT2D eigenvalue weighted by Gasteiger charge is -2.31. The van der Waals surface area contributed by atoms with Crippen LogP contribution in [0, 0.1) is 11.8 Å². The van der Waals surface area contributed by atoms with E-state index in [0.717, 1.165) is 6.92 Å². The van der Waals surface area contributed by atoms with Crippen LogP contribution in [0.2, 0.25) is 0 Å². The van der Waals surface area contributed by atoms with Gasteiger partial charge in [-0.25, -0.2) is 4.79 Å². The molecule has 1 heterocycles. The molecule has 0 spiro atoms. The van der Waals surface area contributed by atoms with Crippen LogP contribution in [0.15, 0.2) is 4.99 Å². The Kier molecular flexibility index (Phi) is 25.3. The number of carboxylic acid groups (broad SMARTS) is 1. The van der Waals surface area contributed by atoms with Crippen molar-refractivity contribution >= 4 is 65.1 Å². The van der Waals surface area contributed by atoms with Gasteiger partial charge in [0.1, 0.15) is 48.3 Å². The average Bonchev–Trinajstić information content (AvgIpc) is 3.74. The van der Waals surface area contributed by atoms with Gasteiger partial charge in [0.2, 0.25) is 53.2 Å². The molecule has 1 saturated heterocycles. The Balaban J connectivity index is 3.20. The largest absolute Gasteiger partial charge is 0.480 e. The molecular weight excluding hydrogens is 881 g/mol. The molecule has 0 aliphatic carbocycles. The lowest BCUT2D eigenvalue weighted by atomic mass is 9.99. The lowest BCUT2D eigenvalue weighted by Crippen LogP contribution is -2.60. The molecule has 0 unspecified atom stereocenters. The van der Waals surface area contributed by atoms with Crippen LogP contribution in [0.3, 0.4) is 0 Å². The van der Waals surface area contributed by atoms with Gasteiger partial charge in [-0.3, -0.25) is 48.1 Å². The van der Waals surface area contributed by atoms with Crippen LogP contribution in [0.5, 0.6) is 0 Å². The fourth-order valence-corrected chi connectivity index (χ4v) is 6.77. The summed E-state index contributed by atoms with van der Waals surface area (Å²) in [6.45, 7) is 11.2. The molecule has 1 fully saturated rings. The number of likely N-dealkylation sites (tertiary alicyclic amines) is 1. The number of hydrogen-bond donors (Lipinski definition) is 14. The van der Waals surface area contributed by atoms with Crippen molar-refractivity contribution in [1.29, 1.82) is 0 Å². The van der Waals surface area contributed by atoms with E-state index in [4.69, 9.17) is 28.7 Å². The normalized spacial score (nSPS) is 17.5. The van der Waals surface area contributed by atoms with Gasteiger partial charge < -0.3 is 81.0 Å². The maximum Gasteiger partial charge on any atom is 0.326 e. The van der Waals surface area contributed by atoms with Crippen LogP contribution >= 0.6 is 0 Å². The van der Waals surface area contributed by atoms with Crippen molar-refractivity contribution in [3.05, 3.63) is 0 Å². The smallest absolute Gasteiger partial charge is 0.326 e. The summed E-state index contributed by atoms with van der Waals surface area (Å²) in [4.78, 5) is 135. The third kappa shape index (κ3) is 20.1. The molecule has 0 radical (unpaired) electrons. The number of primary amides is 1. The summed E-state index contributed by atoms with van der Waals surface area (Å²) in [5.74, 6) is -9.66. The van der Waals surface area contributed by atoms with Crippen molar-refractivity contribution in [2.24, 2.45) is 45.5 Å². The van der Waals surface area contributed by atoms with E-state index in [-0.39, 0.29) is 57.2 Å². The molecule has 26 heteroatoms. The topological polar surface area (TPSA) is 441 Å². The molecule has 67 heavy (non-hydrogen) atoms. The first-order valence-corrected chi connectivity index (χ1v) is 22.4. The molecule has 0 aromatic rings. The highest BCUT2D eigenvalue weighted by atomic mass is 16.4. The van der Waals surface area contributed by atoms with Crippen LogP contribution < -0.4 is 65.9 Å². The molecule has 9 amide bonds. The van der Waals surface area contributed by atoms with Crippen molar-refractivity contribution in [1.82, 2.24) is 42.1 Å². The number of carbonyl (C=O) groups is 10. The SMILES string of the molecule is CC(C)[C@H](N)C(=O)N[C@H](C(=O)N[C@@H](CCCN=C(N)N)C(=O)N1CCC[C@H]1C(=O)N[C@@H](CCCCN)C(=O)N[C@@H](C)C(=O)N[C@@H](C)C(=O)N[C@H](C(=O)N[C@@H](CC(N)=O)C(=O)O)[C@@H](C)O)C(C)C. The zero-order chi connectivity index (χ0) is 51.3. The molecule has 1 rings (SSSR count). The first kappa shape index (κ1) is 58.9. The number of nitrogens with one attached hydrogen (secondary N) is 7. The van der Waals surface area contributed by atoms with Gasteiger partial charge in [0.25, 0.3) is 0 Å². The fourth-order valence-electron chi connectivity index (χ4n) is 6.77. The number of rotatable bonds is 29. The molecule has 0 saturated carbocycles. The summed E-state index contributed by atoms with van der Waals surface area (Å²) in [5.41, 5.74) is 27.7. The molecule has 10 atom stereocenters. The van der Waals surface area contributed by atoms with Gasteiger partial charge in [-0.1, -0.05) is 27.7 Å². The molecule has 19 N–H and O–H groups in total. The van der Waals surface area contributed by atoms with E-state index in [9.17, 15) is 58.2 Å². The van der Waals surface area contributed by atoms with Crippen molar-refractivity contribution in [2.75, 3.05) is 19.6 Å². The van der Waals surface area contributed by atoms with Gasteiger partial charge >= 0.3 is 5.97 Å². The lowest BCUT2D eigenvalue weighted by molar-refractivity contribution is -0.144. The maximum absolute atomic E-state index is 14.3. The standard InChI is InChI=1S/C41H74N14O12/c1-19(2)29(44)36(62)53-30(20(3)4)37(63)51-25(13-10-16-47-41(45)46)39(65)55-17-11-14-27(55)35(61)50-24(12-8-9-15-42)34(60)49-21(5)32(58)48-22(6)33(59)54-31(23(7)56)38(64)52-26(40(66)67)18-28(43)57/h19-27,29-31,56H,8-18,42,44H2,1-7H3,(H2,43,57)(H,48,58)(H,49,60)(H,50,61)(H,51,63)(H,52,64)(H,53,62)(H,54,59)(H,66,67)(H4,45,46,47)/t21-,22-,23+,24-,25-,26-,27-,29-,30-,31-/m0/s1. The van der Waals surface area contributed by atoms with Crippen LogP contribution in [-0.4, -0.2) is 160 Å². The summed E-state index contributed by atoms with van der Waals surface area (Å²) < 4.78 is 0. The zero-order valence-corrected chi connectivity index (χ0v) is 39.5. The minimum absolute atomic E-state index is 0.0584. The second kappa shape index (κ2) is 28.8. The number of aliphatic carboxylic acids is 1. The summed E-state index contributed by atoms with van der Waals surface area (Å²) in [6, 6.07) is -11.5. The van der Waals surface area contributed by atoms with E-state index in [2.05, 4.69) is 36.9 Å². The first-order chi connectivity index (χ1) is 31.2. The van der Waals surface area contributed by atoms with Gasteiger partial charge in [0, 0.05) is 13.1 Å². The van der Waals surface area contributed by atoms with Crippen molar-refractivity contribution in [3.8, 4) is 0 Å². The fraction of sp³-hybridized carbons (Fsp3) is 0.732. The molecule has 380 valence electrons. The number of unbranched alkanes of at least 4 members (excludes halogenated alkanes) is 1. The average molecular weight is 955 g/mol. The van der Waals surface area contributed by atoms with E-state index in [1.165, 1.54) is 18.7 Å². The Morgan fingerprint density at radius 1 is 0.642 bits per heavy atom. The van der Waals surface area contributed by atoms with Crippen LogP contribution in [0.4, 0.5) is 0 Å². The van der Waals surface area contributed by atoms with Crippen molar-refractivity contribution < 1.29 is 58.2 Å². The Morgan fingerprint density at radius 3 is 1.70 bits per heavy atom. The predicted molar refractivity (Wildman–Crippen MR) is 243 cm³/mol. The Hall–Kier alpha value is -6.15. The molecular formula is C41H74N14O12. The zero-order valence-electron chi connectivity index (χ0n) is 39.5. The van der Waals surface area contributed by atoms with Gasteiger partial charge in [0.05, 0.1) is 18.6 Å². The van der Waals surface area contributed by atoms with Gasteiger partial charge in [-0.2, -0.15) is 0 Å². The number of aliphatic imine (C=N–C) groups is 1. The molecule has 1 aliphatic rings. The number of aliphatic hydroxyl groups excluding tert-OH is 1. The minimum Gasteiger partial charge on any atom is -0.480 e. The molecule has 0 bridgehead atoms. The number of aliphatic hydroxyl groups is 1. The van der Waals surface area contributed by atoms with Gasteiger partial charge in [0.15, 0.2) is 5.96 Å². The van der Waals surface area contributed by atoms with E-state index in [0.29, 0.717) is 19.3 Å². The predicted octanol–water partition coefficient (Wildman–Crippen LogP) is -5.43. The number of carbonyl (C=O) groups excluding carboxylic acids is 9. The molecule has 1 aliphatic heterocycles. The highest BCUT2D eigenvalue weighted by Crippen LogP contribution is 2.21. The Morgan fingerprint density at radius 2 is 1.18 bits per heavy atom. The molecule has 0 aromatic heterocycles. The third-order valence-electron chi connectivity index (χ3n) is 10.8. The highest BCUT2D eigenvalue weighted by molar-refractivity contribution is 5.98.